The summed E-state index contributed by atoms with van der Waals surface area (Å²) in [4.78, 5) is 0. The first kappa shape index (κ1) is 34.4. The number of phenols is 3. The Morgan fingerprint density at radius 1 is 0.472 bits per heavy atom. The molecule has 3 aromatic rings. The predicted octanol–water partition coefficient (Wildman–Crippen LogP) is 9.19. The lowest BCUT2D eigenvalue weighted by molar-refractivity contribution is 0.469. The topological polar surface area (TPSA) is 60.7 Å². The molecule has 0 aliphatic carbocycles. The van der Waals surface area contributed by atoms with Gasteiger partial charge in [-0.05, 0) is 54.2 Å². The minimum absolute atomic E-state index is 0.349. The summed E-state index contributed by atoms with van der Waals surface area (Å²) in [7, 11) is 0. The summed E-state index contributed by atoms with van der Waals surface area (Å²) < 4.78 is 0. The van der Waals surface area contributed by atoms with Crippen molar-refractivity contribution in [3.05, 3.63) is 127 Å². The fraction of sp³-hybridized carbons (Fsp3) is 0.273. The van der Waals surface area contributed by atoms with Crippen molar-refractivity contribution in [1.82, 2.24) is 0 Å². The number of benzene rings is 3. The zero-order valence-corrected chi connectivity index (χ0v) is 22.7. The highest BCUT2D eigenvalue weighted by Crippen LogP contribution is 2.17. The van der Waals surface area contributed by atoms with Gasteiger partial charge in [-0.2, -0.15) is 0 Å². The molecule has 0 bridgehead atoms. The molecule has 0 aliphatic heterocycles. The highest BCUT2D eigenvalue weighted by Gasteiger charge is 1.95. The van der Waals surface area contributed by atoms with E-state index in [1.165, 1.54) is 12.8 Å². The maximum absolute atomic E-state index is 9.19. The van der Waals surface area contributed by atoms with Gasteiger partial charge in [-0.1, -0.05) is 113 Å². The van der Waals surface area contributed by atoms with Crippen LogP contribution in [-0.4, -0.2) is 15.3 Å². The standard InChI is InChI=1S/3C9H10O.2C3H8/c3*1-2-5-8-6-3-4-7-9(8)10;2*1-3-2/h3*2-4,6-7,10H,1,5H2;2*3H2,1-2H3. The van der Waals surface area contributed by atoms with Crippen LogP contribution in [0, 0.1) is 0 Å². The van der Waals surface area contributed by atoms with Gasteiger partial charge in [-0.15, -0.1) is 19.7 Å². The quantitative estimate of drug-likeness (QED) is 0.302. The molecule has 0 radical (unpaired) electrons. The van der Waals surface area contributed by atoms with Gasteiger partial charge in [-0.25, -0.2) is 0 Å². The molecule has 3 heteroatoms. The third-order valence-electron chi connectivity index (χ3n) is 4.07. The summed E-state index contributed by atoms with van der Waals surface area (Å²) in [6, 6.07) is 21.8. The summed E-state index contributed by atoms with van der Waals surface area (Å²) in [5.41, 5.74) is 2.78. The molecule has 36 heavy (non-hydrogen) atoms. The molecule has 0 amide bonds. The van der Waals surface area contributed by atoms with E-state index in [-0.39, 0.29) is 0 Å². The van der Waals surface area contributed by atoms with E-state index >= 15 is 0 Å². The van der Waals surface area contributed by atoms with Gasteiger partial charge in [0.1, 0.15) is 17.2 Å². The maximum atomic E-state index is 9.19. The highest BCUT2D eigenvalue weighted by molar-refractivity contribution is 5.34. The minimum Gasteiger partial charge on any atom is -0.508 e. The number of allylic oxidation sites excluding steroid dienone is 3. The van der Waals surface area contributed by atoms with Gasteiger partial charge in [0.25, 0.3) is 0 Å². The fourth-order valence-electron chi connectivity index (χ4n) is 2.52. The molecule has 3 N–H and O–H groups in total. The third kappa shape index (κ3) is 17.7. The van der Waals surface area contributed by atoms with E-state index in [9.17, 15) is 15.3 Å². The van der Waals surface area contributed by atoms with Gasteiger partial charge in [0.2, 0.25) is 0 Å². The Balaban J connectivity index is 0. The van der Waals surface area contributed by atoms with E-state index in [1.807, 2.05) is 54.6 Å². The van der Waals surface area contributed by atoms with Crippen LogP contribution in [0.3, 0.4) is 0 Å². The lowest BCUT2D eigenvalue weighted by Crippen LogP contribution is -1.79. The second kappa shape index (κ2) is 24.4. The first-order chi connectivity index (χ1) is 17.4. The summed E-state index contributed by atoms with van der Waals surface area (Å²) >= 11 is 0. The number of hydrogen-bond acceptors (Lipinski definition) is 3. The van der Waals surface area contributed by atoms with Crippen LogP contribution in [0.2, 0.25) is 0 Å². The molecule has 0 aromatic heterocycles. The number of aromatic hydroxyl groups is 3. The molecule has 0 saturated carbocycles. The molecule has 0 saturated heterocycles. The van der Waals surface area contributed by atoms with Crippen molar-refractivity contribution in [3.8, 4) is 17.2 Å². The molecule has 3 rings (SSSR count). The van der Waals surface area contributed by atoms with Crippen LogP contribution in [0.15, 0.2) is 111 Å². The molecule has 0 fully saturated rings. The molecule has 0 unspecified atom stereocenters. The van der Waals surface area contributed by atoms with Gasteiger partial charge in [0.15, 0.2) is 0 Å². The Labute approximate surface area is 219 Å². The molecule has 0 aliphatic rings. The molecule has 3 nitrogen and oxygen atoms in total. The lowest BCUT2D eigenvalue weighted by atomic mass is 10.1. The zero-order chi connectivity index (χ0) is 27.6. The van der Waals surface area contributed by atoms with Crippen LogP contribution in [0.4, 0.5) is 0 Å². The number of rotatable bonds is 6. The average molecular weight is 491 g/mol. The second-order valence-corrected chi connectivity index (χ2v) is 7.78. The van der Waals surface area contributed by atoms with Crippen LogP contribution in [0.5, 0.6) is 17.2 Å². The monoisotopic (exact) mass is 490 g/mol. The number of phenolic OH excluding ortho intramolecular Hbond substituents is 3. The van der Waals surface area contributed by atoms with E-state index in [4.69, 9.17) is 0 Å². The Kier molecular flexibility index (Phi) is 23.4. The Morgan fingerprint density at radius 2 is 0.667 bits per heavy atom. The molecular weight excluding hydrogens is 444 g/mol. The van der Waals surface area contributed by atoms with E-state index in [0.717, 1.165) is 36.0 Å². The smallest absolute Gasteiger partial charge is 0.119 e. The first-order valence-electron chi connectivity index (χ1n) is 12.5. The Morgan fingerprint density at radius 3 is 0.833 bits per heavy atom. The molecule has 196 valence electrons. The molecule has 3 aromatic carbocycles. The van der Waals surface area contributed by atoms with Gasteiger partial charge in [0, 0.05) is 0 Å². The summed E-state index contributed by atoms with van der Waals surface area (Å²) in [6.07, 6.45) is 10.0. The third-order valence-corrected chi connectivity index (χ3v) is 4.07. The maximum Gasteiger partial charge on any atom is 0.119 e. The van der Waals surface area contributed by atoms with E-state index in [1.54, 1.807) is 36.4 Å². The van der Waals surface area contributed by atoms with Crippen LogP contribution in [0.25, 0.3) is 0 Å². The van der Waals surface area contributed by atoms with E-state index < -0.39 is 0 Å². The van der Waals surface area contributed by atoms with Crippen molar-refractivity contribution in [1.29, 1.82) is 0 Å². The van der Waals surface area contributed by atoms with Gasteiger partial charge in [-0.3, -0.25) is 0 Å². The minimum atomic E-state index is 0.349. The van der Waals surface area contributed by atoms with Crippen molar-refractivity contribution in [2.24, 2.45) is 0 Å². The number of para-hydroxylation sites is 3. The first-order valence-corrected chi connectivity index (χ1v) is 12.5. The van der Waals surface area contributed by atoms with Crippen LogP contribution >= 0.6 is 0 Å². The molecule has 0 atom stereocenters. The van der Waals surface area contributed by atoms with Crippen molar-refractivity contribution in [2.45, 2.75) is 59.8 Å². The zero-order valence-electron chi connectivity index (χ0n) is 22.7. The summed E-state index contributed by atoms with van der Waals surface area (Å²) in [5, 5.41) is 27.6. The van der Waals surface area contributed by atoms with Crippen molar-refractivity contribution < 1.29 is 15.3 Å². The van der Waals surface area contributed by atoms with Crippen molar-refractivity contribution >= 4 is 0 Å². The van der Waals surface area contributed by atoms with Crippen molar-refractivity contribution in [3.63, 3.8) is 0 Å². The van der Waals surface area contributed by atoms with E-state index in [2.05, 4.69) is 47.4 Å². The largest absolute Gasteiger partial charge is 0.508 e. The van der Waals surface area contributed by atoms with Gasteiger partial charge in [0.05, 0.1) is 0 Å². The predicted molar refractivity (Wildman–Crippen MR) is 158 cm³/mol. The highest BCUT2D eigenvalue weighted by atomic mass is 16.3. The van der Waals surface area contributed by atoms with Crippen LogP contribution in [-0.2, 0) is 19.3 Å². The van der Waals surface area contributed by atoms with Crippen molar-refractivity contribution in [2.75, 3.05) is 0 Å². The SMILES string of the molecule is C=CCc1ccccc1O.C=CCc1ccccc1O.C=CCc1ccccc1O.CCC.CCC. The molecule has 0 heterocycles. The molecule has 0 spiro atoms. The van der Waals surface area contributed by atoms with Gasteiger partial charge >= 0.3 is 0 Å². The lowest BCUT2D eigenvalue weighted by Gasteiger charge is -1.97. The van der Waals surface area contributed by atoms with E-state index in [0.29, 0.717) is 17.2 Å². The second-order valence-electron chi connectivity index (χ2n) is 7.78. The van der Waals surface area contributed by atoms with Crippen LogP contribution in [0.1, 0.15) is 57.2 Å². The average Bonchev–Trinajstić information content (AvgIpc) is 2.86. The summed E-state index contributed by atoms with van der Waals surface area (Å²) in [6.45, 7) is 19.3. The van der Waals surface area contributed by atoms with Crippen LogP contribution < -0.4 is 0 Å². The number of hydrogen-bond donors (Lipinski definition) is 3. The normalized spacial score (nSPS) is 8.67. The Bertz CT molecular complexity index is 836. The fourth-order valence-corrected chi connectivity index (χ4v) is 2.52. The molecular formula is C33H46O3. The Hall–Kier alpha value is -3.72. The van der Waals surface area contributed by atoms with Gasteiger partial charge < -0.3 is 15.3 Å². The summed E-state index contributed by atoms with van der Waals surface area (Å²) in [5.74, 6) is 1.05.